The molecule has 0 aromatic rings. The highest BCUT2D eigenvalue weighted by atomic mass is 16.4. The highest BCUT2D eigenvalue weighted by molar-refractivity contribution is 5.73. The fourth-order valence-electron chi connectivity index (χ4n) is 2.60. The average Bonchev–Trinajstić information content (AvgIpc) is 2.63. The molecule has 1 heterocycles. The lowest BCUT2D eigenvalue weighted by Gasteiger charge is -2.30. The van der Waals surface area contributed by atoms with Gasteiger partial charge in [0.15, 0.2) is 0 Å². The summed E-state index contributed by atoms with van der Waals surface area (Å²) in [6.07, 6.45) is 2.35. The van der Waals surface area contributed by atoms with Crippen LogP contribution in [0.2, 0.25) is 0 Å². The molecule has 1 aliphatic heterocycles. The lowest BCUT2D eigenvalue weighted by molar-refractivity contribution is -0.140. The van der Waals surface area contributed by atoms with E-state index < -0.39 is 12.0 Å². The lowest BCUT2D eigenvalue weighted by atomic mass is 10.2. The van der Waals surface area contributed by atoms with E-state index in [0.717, 1.165) is 13.1 Å². The second kappa shape index (κ2) is 7.07. The zero-order chi connectivity index (χ0) is 13.7. The zero-order valence-corrected chi connectivity index (χ0v) is 12.0. The van der Waals surface area contributed by atoms with Crippen molar-refractivity contribution in [2.45, 2.75) is 44.8 Å². The molecule has 106 valence electrons. The third-order valence-electron chi connectivity index (χ3n) is 3.32. The predicted octanol–water partition coefficient (Wildman–Crippen LogP) is 0.464. The van der Waals surface area contributed by atoms with Crippen LogP contribution in [-0.4, -0.2) is 72.7 Å². The van der Waals surface area contributed by atoms with Gasteiger partial charge in [0.2, 0.25) is 0 Å². The van der Waals surface area contributed by atoms with Crippen LogP contribution in [0.1, 0.15) is 26.7 Å². The van der Waals surface area contributed by atoms with Gasteiger partial charge in [-0.05, 0) is 33.5 Å². The van der Waals surface area contributed by atoms with Crippen molar-refractivity contribution in [1.82, 2.24) is 15.1 Å². The van der Waals surface area contributed by atoms with E-state index in [-0.39, 0.29) is 6.04 Å². The predicted molar refractivity (Wildman–Crippen MR) is 72.8 cm³/mol. The SMILES string of the molecule is CC(C)NC(CN1CCCC1CN(C)C)C(=O)O. The minimum atomic E-state index is -0.751. The number of carbonyl (C=O) groups is 1. The van der Waals surface area contributed by atoms with Gasteiger partial charge in [0.25, 0.3) is 0 Å². The van der Waals surface area contributed by atoms with Gasteiger partial charge >= 0.3 is 5.97 Å². The Morgan fingerprint density at radius 1 is 1.50 bits per heavy atom. The molecule has 18 heavy (non-hydrogen) atoms. The average molecular weight is 257 g/mol. The molecule has 1 saturated heterocycles. The van der Waals surface area contributed by atoms with Crippen LogP contribution in [0.3, 0.4) is 0 Å². The van der Waals surface area contributed by atoms with E-state index in [0.29, 0.717) is 12.6 Å². The molecule has 2 atom stereocenters. The van der Waals surface area contributed by atoms with Crippen molar-refractivity contribution in [3.8, 4) is 0 Å². The van der Waals surface area contributed by atoms with Gasteiger partial charge in [-0.25, -0.2) is 0 Å². The molecule has 1 rings (SSSR count). The van der Waals surface area contributed by atoms with E-state index in [1.807, 2.05) is 13.8 Å². The third-order valence-corrected chi connectivity index (χ3v) is 3.32. The van der Waals surface area contributed by atoms with Crippen molar-refractivity contribution < 1.29 is 9.90 Å². The number of carboxylic acid groups (broad SMARTS) is 1. The molecular weight excluding hydrogens is 230 g/mol. The first-order chi connectivity index (χ1) is 8.40. The van der Waals surface area contributed by atoms with E-state index in [1.165, 1.54) is 12.8 Å². The maximum atomic E-state index is 11.3. The minimum absolute atomic E-state index is 0.195. The first kappa shape index (κ1) is 15.4. The van der Waals surface area contributed by atoms with Crippen molar-refractivity contribution in [3.63, 3.8) is 0 Å². The van der Waals surface area contributed by atoms with Gasteiger partial charge in [-0.15, -0.1) is 0 Å². The highest BCUT2D eigenvalue weighted by Gasteiger charge is 2.29. The van der Waals surface area contributed by atoms with E-state index in [1.54, 1.807) is 0 Å². The molecule has 2 N–H and O–H groups in total. The number of nitrogens with one attached hydrogen (secondary N) is 1. The Balaban J connectivity index is 2.53. The molecule has 0 saturated carbocycles. The minimum Gasteiger partial charge on any atom is -0.480 e. The molecule has 0 radical (unpaired) electrons. The van der Waals surface area contributed by atoms with Crippen LogP contribution >= 0.6 is 0 Å². The summed E-state index contributed by atoms with van der Waals surface area (Å²) < 4.78 is 0. The van der Waals surface area contributed by atoms with Gasteiger partial charge in [-0.1, -0.05) is 13.8 Å². The molecule has 0 bridgehead atoms. The summed E-state index contributed by atoms with van der Waals surface area (Å²) in [5.41, 5.74) is 0. The van der Waals surface area contributed by atoms with Crippen LogP contribution in [0.5, 0.6) is 0 Å². The van der Waals surface area contributed by atoms with E-state index in [9.17, 15) is 9.90 Å². The van der Waals surface area contributed by atoms with E-state index in [4.69, 9.17) is 0 Å². The van der Waals surface area contributed by atoms with Crippen molar-refractivity contribution in [2.24, 2.45) is 0 Å². The largest absolute Gasteiger partial charge is 0.480 e. The molecule has 0 spiro atoms. The van der Waals surface area contributed by atoms with Crippen molar-refractivity contribution in [1.29, 1.82) is 0 Å². The van der Waals surface area contributed by atoms with E-state index >= 15 is 0 Å². The van der Waals surface area contributed by atoms with Crippen LogP contribution in [0.4, 0.5) is 0 Å². The van der Waals surface area contributed by atoms with Crippen LogP contribution in [0, 0.1) is 0 Å². The van der Waals surface area contributed by atoms with Gasteiger partial charge in [0.1, 0.15) is 6.04 Å². The maximum Gasteiger partial charge on any atom is 0.322 e. The molecule has 2 unspecified atom stereocenters. The summed E-state index contributed by atoms with van der Waals surface area (Å²) in [5, 5.41) is 12.4. The summed E-state index contributed by atoms with van der Waals surface area (Å²) in [6, 6.07) is 0.226. The van der Waals surface area contributed by atoms with Gasteiger partial charge in [-0.3, -0.25) is 9.69 Å². The van der Waals surface area contributed by atoms with Crippen molar-refractivity contribution in [3.05, 3.63) is 0 Å². The summed E-state index contributed by atoms with van der Waals surface area (Å²) in [7, 11) is 4.13. The standard InChI is InChI=1S/C13H27N3O2/c1-10(2)14-12(13(17)18)9-16-7-5-6-11(16)8-15(3)4/h10-12,14H,5-9H2,1-4H3,(H,17,18). The molecule has 5 heteroatoms. The monoisotopic (exact) mass is 257 g/mol. The molecule has 1 fully saturated rings. The lowest BCUT2D eigenvalue weighted by Crippen LogP contribution is -2.51. The summed E-state index contributed by atoms with van der Waals surface area (Å²) in [4.78, 5) is 15.7. The van der Waals surface area contributed by atoms with Crippen molar-refractivity contribution >= 4 is 5.97 Å². The number of likely N-dealkylation sites (tertiary alicyclic amines) is 1. The Morgan fingerprint density at radius 2 is 2.17 bits per heavy atom. The molecule has 0 aromatic carbocycles. The first-order valence-electron chi connectivity index (χ1n) is 6.77. The van der Waals surface area contributed by atoms with Gasteiger partial charge in [0.05, 0.1) is 0 Å². The number of rotatable bonds is 7. The Kier molecular flexibility index (Phi) is 6.05. The van der Waals surface area contributed by atoms with Gasteiger partial charge in [0, 0.05) is 25.2 Å². The molecule has 0 aliphatic carbocycles. The molecular formula is C13H27N3O2. The zero-order valence-electron chi connectivity index (χ0n) is 12.0. The Labute approximate surface area is 110 Å². The van der Waals surface area contributed by atoms with Crippen LogP contribution in [-0.2, 0) is 4.79 Å². The van der Waals surface area contributed by atoms with Crippen molar-refractivity contribution in [2.75, 3.05) is 33.7 Å². The quantitative estimate of drug-likeness (QED) is 0.694. The number of likely N-dealkylation sites (N-methyl/N-ethyl adjacent to an activating group) is 1. The highest BCUT2D eigenvalue weighted by Crippen LogP contribution is 2.18. The Hall–Kier alpha value is -0.650. The topological polar surface area (TPSA) is 55.8 Å². The maximum absolute atomic E-state index is 11.3. The van der Waals surface area contributed by atoms with Crippen LogP contribution in [0.25, 0.3) is 0 Å². The number of hydrogen-bond donors (Lipinski definition) is 2. The third kappa shape index (κ3) is 4.92. The second-order valence-corrected chi connectivity index (χ2v) is 5.77. The fourth-order valence-corrected chi connectivity index (χ4v) is 2.60. The number of carboxylic acids is 1. The normalized spacial score (nSPS) is 22.9. The molecule has 0 aromatic heterocycles. The Morgan fingerprint density at radius 3 is 2.67 bits per heavy atom. The number of hydrogen-bond acceptors (Lipinski definition) is 4. The smallest absolute Gasteiger partial charge is 0.322 e. The van der Waals surface area contributed by atoms with Gasteiger partial charge in [-0.2, -0.15) is 0 Å². The van der Waals surface area contributed by atoms with Crippen LogP contribution in [0.15, 0.2) is 0 Å². The number of aliphatic carboxylic acids is 1. The van der Waals surface area contributed by atoms with E-state index in [2.05, 4.69) is 29.2 Å². The summed E-state index contributed by atoms with van der Waals surface area (Å²) in [6.45, 7) is 6.59. The van der Waals surface area contributed by atoms with Gasteiger partial charge < -0.3 is 15.3 Å². The van der Waals surface area contributed by atoms with Crippen LogP contribution < -0.4 is 5.32 Å². The summed E-state index contributed by atoms with van der Waals surface area (Å²) >= 11 is 0. The fraction of sp³-hybridized carbons (Fsp3) is 0.923. The summed E-state index contributed by atoms with van der Waals surface area (Å²) in [5.74, 6) is -0.751. The second-order valence-electron chi connectivity index (χ2n) is 5.77. The molecule has 0 amide bonds. The first-order valence-corrected chi connectivity index (χ1v) is 6.77. The number of nitrogens with zero attached hydrogens (tertiary/aromatic N) is 2. The molecule has 1 aliphatic rings. The Bertz CT molecular complexity index is 269. The molecule has 5 nitrogen and oxygen atoms in total.